The molecule has 31 heavy (non-hydrogen) atoms. The molecule has 0 aromatic heterocycles. The van der Waals surface area contributed by atoms with Gasteiger partial charge in [0.25, 0.3) is 5.91 Å². The fourth-order valence-electron chi connectivity index (χ4n) is 3.44. The number of anilines is 2. The average molecular weight is 464 g/mol. The first-order valence-corrected chi connectivity index (χ1v) is 11.1. The molecule has 2 amide bonds. The van der Waals surface area contributed by atoms with E-state index >= 15 is 0 Å². The molecule has 0 bridgehead atoms. The second kappa shape index (κ2) is 10.2. The number of nitrogens with one attached hydrogen (secondary N) is 1. The summed E-state index contributed by atoms with van der Waals surface area (Å²) in [6.07, 6.45) is -0.757. The number of carbonyl (C=O) groups is 2. The Morgan fingerprint density at radius 3 is 2.32 bits per heavy atom. The van der Waals surface area contributed by atoms with Crippen LogP contribution in [0.2, 0.25) is 10.0 Å². The third-order valence-corrected chi connectivity index (χ3v) is 5.69. The highest BCUT2D eigenvalue weighted by Gasteiger charge is 2.25. The summed E-state index contributed by atoms with van der Waals surface area (Å²) in [7, 11) is 0. The van der Waals surface area contributed by atoms with Crippen LogP contribution in [-0.4, -0.2) is 49.0 Å². The van der Waals surface area contributed by atoms with Gasteiger partial charge in [-0.15, -0.1) is 0 Å². The van der Waals surface area contributed by atoms with Crippen LogP contribution in [0, 0.1) is 5.92 Å². The Morgan fingerprint density at radius 1 is 1.00 bits per heavy atom. The maximum Gasteiger partial charge on any atom is 0.265 e. The zero-order valence-corrected chi connectivity index (χ0v) is 19.4. The number of benzene rings is 2. The largest absolute Gasteiger partial charge is 0.479 e. The van der Waals surface area contributed by atoms with Gasteiger partial charge >= 0.3 is 0 Å². The van der Waals surface area contributed by atoms with Crippen LogP contribution in [0.4, 0.5) is 11.4 Å². The van der Waals surface area contributed by atoms with E-state index in [9.17, 15) is 9.59 Å². The molecule has 2 aromatic rings. The lowest BCUT2D eigenvalue weighted by atomic mass is 10.1. The van der Waals surface area contributed by atoms with E-state index in [0.717, 1.165) is 5.69 Å². The predicted octanol–water partition coefficient (Wildman–Crippen LogP) is 4.70. The van der Waals surface area contributed by atoms with Crippen LogP contribution < -0.4 is 15.0 Å². The van der Waals surface area contributed by atoms with Crippen LogP contribution >= 0.6 is 23.2 Å². The van der Waals surface area contributed by atoms with E-state index in [1.807, 2.05) is 43.0 Å². The molecular formula is C23H27Cl2N3O3. The Kier molecular flexibility index (Phi) is 7.68. The normalized spacial score (nSPS) is 15.0. The molecule has 166 valence electrons. The fraction of sp³-hybridized carbons (Fsp3) is 0.391. The quantitative estimate of drug-likeness (QED) is 0.673. The molecule has 6 nitrogen and oxygen atoms in total. The SMILES string of the molecule is CC(C)C(=O)N1CCN(c2ccccc2NC(=O)[C@@H](C)Oc2ccc(Cl)cc2Cl)CC1. The smallest absolute Gasteiger partial charge is 0.265 e. The van der Waals surface area contributed by atoms with Crippen LogP contribution in [0.1, 0.15) is 20.8 Å². The lowest BCUT2D eigenvalue weighted by Gasteiger charge is -2.37. The van der Waals surface area contributed by atoms with Crippen molar-refractivity contribution < 1.29 is 14.3 Å². The second-order valence-corrected chi connectivity index (χ2v) is 8.65. The van der Waals surface area contributed by atoms with Gasteiger partial charge in [-0.3, -0.25) is 9.59 Å². The number of hydrogen-bond acceptors (Lipinski definition) is 4. The molecule has 1 atom stereocenters. The first-order valence-electron chi connectivity index (χ1n) is 10.3. The number of carbonyl (C=O) groups excluding carboxylic acids is 2. The van der Waals surface area contributed by atoms with Crippen molar-refractivity contribution in [3.63, 3.8) is 0 Å². The Balaban J connectivity index is 1.65. The van der Waals surface area contributed by atoms with Crippen LogP contribution in [0.15, 0.2) is 42.5 Å². The van der Waals surface area contributed by atoms with Gasteiger partial charge in [0.2, 0.25) is 5.91 Å². The zero-order valence-electron chi connectivity index (χ0n) is 17.9. The molecule has 0 unspecified atom stereocenters. The Labute approximate surface area is 193 Å². The molecular weight excluding hydrogens is 437 g/mol. The van der Waals surface area contributed by atoms with Gasteiger partial charge in [0.15, 0.2) is 6.10 Å². The molecule has 0 aliphatic carbocycles. The summed E-state index contributed by atoms with van der Waals surface area (Å²) < 4.78 is 5.72. The molecule has 3 rings (SSSR count). The zero-order chi connectivity index (χ0) is 22.5. The van der Waals surface area contributed by atoms with E-state index in [2.05, 4.69) is 10.2 Å². The minimum absolute atomic E-state index is 0.00578. The third kappa shape index (κ3) is 5.83. The molecule has 0 spiro atoms. The molecule has 1 fully saturated rings. The molecule has 1 aliphatic heterocycles. The molecule has 0 saturated carbocycles. The summed E-state index contributed by atoms with van der Waals surface area (Å²) in [5.74, 6) is 0.279. The van der Waals surface area contributed by atoms with Crippen LogP contribution in [0.25, 0.3) is 0 Å². The summed E-state index contributed by atoms with van der Waals surface area (Å²) in [4.78, 5) is 29.1. The van der Waals surface area contributed by atoms with Crippen molar-refractivity contribution in [2.45, 2.75) is 26.9 Å². The number of piperazine rings is 1. The van der Waals surface area contributed by atoms with Crippen molar-refractivity contribution in [3.05, 3.63) is 52.5 Å². The van der Waals surface area contributed by atoms with E-state index in [0.29, 0.717) is 47.7 Å². The molecule has 1 heterocycles. The van der Waals surface area contributed by atoms with Gasteiger partial charge in [-0.1, -0.05) is 49.2 Å². The molecule has 1 N–H and O–H groups in total. The summed E-state index contributed by atoms with van der Waals surface area (Å²) in [6, 6.07) is 12.5. The van der Waals surface area contributed by atoms with Crippen molar-refractivity contribution in [1.82, 2.24) is 4.90 Å². The number of amides is 2. The highest BCUT2D eigenvalue weighted by atomic mass is 35.5. The predicted molar refractivity (Wildman–Crippen MR) is 125 cm³/mol. The molecule has 1 saturated heterocycles. The Morgan fingerprint density at radius 2 is 1.68 bits per heavy atom. The number of para-hydroxylation sites is 2. The lowest BCUT2D eigenvalue weighted by molar-refractivity contribution is -0.134. The maximum atomic E-state index is 12.8. The Bertz CT molecular complexity index is 943. The van der Waals surface area contributed by atoms with Crippen molar-refractivity contribution in [3.8, 4) is 5.75 Å². The van der Waals surface area contributed by atoms with Gasteiger partial charge in [-0.25, -0.2) is 0 Å². The number of halogens is 2. The standard InChI is InChI=1S/C23H27Cl2N3O3/c1-15(2)23(30)28-12-10-27(11-13-28)20-7-5-4-6-19(20)26-22(29)16(3)31-21-9-8-17(24)14-18(21)25/h4-9,14-16H,10-13H2,1-3H3,(H,26,29)/t16-/m1/s1. The third-order valence-electron chi connectivity index (χ3n) is 5.15. The number of nitrogens with zero attached hydrogens (tertiary/aromatic N) is 2. The molecule has 2 aromatic carbocycles. The maximum absolute atomic E-state index is 12.8. The summed E-state index contributed by atoms with van der Waals surface area (Å²) in [5, 5.41) is 3.80. The van der Waals surface area contributed by atoms with Gasteiger partial charge in [0.1, 0.15) is 5.75 Å². The summed E-state index contributed by atoms with van der Waals surface area (Å²) >= 11 is 12.1. The van der Waals surface area contributed by atoms with E-state index < -0.39 is 6.10 Å². The minimum atomic E-state index is -0.757. The van der Waals surface area contributed by atoms with Gasteiger partial charge in [-0.05, 0) is 37.3 Å². The van der Waals surface area contributed by atoms with Gasteiger partial charge in [0.05, 0.1) is 16.4 Å². The van der Waals surface area contributed by atoms with Crippen molar-refractivity contribution in [2.24, 2.45) is 5.92 Å². The topological polar surface area (TPSA) is 61.9 Å². The van der Waals surface area contributed by atoms with Gasteiger partial charge in [0, 0.05) is 37.1 Å². The van der Waals surface area contributed by atoms with Crippen molar-refractivity contribution in [1.29, 1.82) is 0 Å². The first kappa shape index (κ1) is 23.2. The minimum Gasteiger partial charge on any atom is -0.479 e. The van der Waals surface area contributed by atoms with E-state index in [-0.39, 0.29) is 17.7 Å². The molecule has 0 radical (unpaired) electrons. The Hall–Kier alpha value is -2.44. The monoisotopic (exact) mass is 463 g/mol. The number of ether oxygens (including phenoxy) is 1. The average Bonchev–Trinajstić information content (AvgIpc) is 2.75. The van der Waals surface area contributed by atoms with Crippen LogP contribution in [0.3, 0.4) is 0 Å². The van der Waals surface area contributed by atoms with Crippen molar-refractivity contribution >= 4 is 46.4 Å². The van der Waals surface area contributed by atoms with Gasteiger partial charge in [-0.2, -0.15) is 0 Å². The summed E-state index contributed by atoms with van der Waals surface area (Å²) in [5.41, 5.74) is 1.62. The van der Waals surface area contributed by atoms with Crippen LogP contribution in [0.5, 0.6) is 5.75 Å². The fourth-order valence-corrected chi connectivity index (χ4v) is 3.89. The summed E-state index contributed by atoms with van der Waals surface area (Å²) in [6.45, 7) is 8.23. The molecule has 8 heteroatoms. The molecule has 1 aliphatic rings. The number of hydrogen-bond donors (Lipinski definition) is 1. The van der Waals surface area contributed by atoms with Crippen LogP contribution in [-0.2, 0) is 9.59 Å². The van der Waals surface area contributed by atoms with E-state index in [1.54, 1.807) is 25.1 Å². The van der Waals surface area contributed by atoms with E-state index in [1.165, 1.54) is 0 Å². The van der Waals surface area contributed by atoms with Crippen molar-refractivity contribution in [2.75, 3.05) is 36.4 Å². The number of rotatable bonds is 6. The van der Waals surface area contributed by atoms with E-state index in [4.69, 9.17) is 27.9 Å². The first-order chi connectivity index (χ1) is 14.8. The highest BCUT2D eigenvalue weighted by molar-refractivity contribution is 6.35. The lowest BCUT2D eigenvalue weighted by Crippen LogP contribution is -2.50. The second-order valence-electron chi connectivity index (χ2n) is 7.81. The van der Waals surface area contributed by atoms with Gasteiger partial charge < -0.3 is 19.9 Å². The highest BCUT2D eigenvalue weighted by Crippen LogP contribution is 2.30.